The first-order chi connectivity index (χ1) is 18.6. The molecule has 0 N–H and O–H groups in total. The Hall–Kier alpha value is -1.99. The summed E-state index contributed by atoms with van der Waals surface area (Å²) in [5, 5.41) is 0. The largest absolute Gasteiger partial charge is 0.493 e. The van der Waals surface area contributed by atoms with Gasteiger partial charge in [0.2, 0.25) is 11.4 Å². The van der Waals surface area contributed by atoms with Crippen molar-refractivity contribution < 1.29 is 21.2 Å². The fourth-order valence-corrected chi connectivity index (χ4v) is 5.82. The van der Waals surface area contributed by atoms with E-state index < -0.39 is 0 Å². The van der Waals surface area contributed by atoms with Gasteiger partial charge in [-0.1, -0.05) is 110 Å². The molecule has 2 aromatic rings. The fourth-order valence-electron chi connectivity index (χ4n) is 5.82. The molecule has 0 spiro atoms. The van der Waals surface area contributed by atoms with E-state index in [4.69, 9.17) is 0 Å². The summed E-state index contributed by atoms with van der Waals surface area (Å²) in [6.07, 6.45) is 19.5. The molecule has 0 saturated heterocycles. The van der Waals surface area contributed by atoms with Gasteiger partial charge in [0, 0.05) is 38.8 Å². The normalized spacial score (nSPS) is 13.4. The van der Waals surface area contributed by atoms with Crippen molar-refractivity contribution in [3.05, 3.63) is 87.5 Å². The van der Waals surface area contributed by atoms with Gasteiger partial charge < -0.3 is 5.53 Å². The molecule has 3 rings (SSSR count). The van der Waals surface area contributed by atoms with Crippen molar-refractivity contribution in [2.45, 2.75) is 130 Å². The van der Waals surface area contributed by atoms with Crippen LogP contribution in [0.2, 0.25) is 0 Å². The van der Waals surface area contributed by atoms with Crippen molar-refractivity contribution in [1.29, 1.82) is 0 Å². The Labute approximate surface area is 249 Å². The first-order valence-electron chi connectivity index (χ1n) is 15.8. The van der Waals surface area contributed by atoms with Crippen LogP contribution in [0.3, 0.4) is 0 Å². The molecular weight excluding hydrogens is 519 g/mol. The van der Waals surface area contributed by atoms with E-state index in [1.807, 2.05) is 0 Å². The van der Waals surface area contributed by atoms with Gasteiger partial charge in [-0.3, -0.25) is 0 Å². The molecule has 216 valence electrons. The van der Waals surface area contributed by atoms with Crippen LogP contribution >= 0.6 is 0 Å². The average molecular weight is 572 g/mol. The SMILES string of the molecule is CCCCCCCCc1ccc(C2=C(CCCC)C(CC)=C(c3cccc(CCCCCC)c3)[N+]2=[N-])cc1.[Ni]. The van der Waals surface area contributed by atoms with Gasteiger partial charge in [-0.2, -0.15) is 0 Å². The van der Waals surface area contributed by atoms with Crippen LogP contribution in [0.25, 0.3) is 16.9 Å². The van der Waals surface area contributed by atoms with Crippen molar-refractivity contribution in [2.24, 2.45) is 0 Å². The molecule has 0 bridgehead atoms. The molecular formula is C36H52N2Ni. The van der Waals surface area contributed by atoms with Crippen LogP contribution in [-0.4, -0.2) is 4.70 Å². The Morgan fingerprint density at radius 3 is 1.74 bits per heavy atom. The van der Waals surface area contributed by atoms with Crippen molar-refractivity contribution in [3.8, 4) is 0 Å². The van der Waals surface area contributed by atoms with Crippen LogP contribution in [0, 0.1) is 0 Å². The number of unbranched alkanes of at least 4 members (excludes halogenated alkanes) is 9. The van der Waals surface area contributed by atoms with Gasteiger partial charge in [-0.15, -0.1) is 0 Å². The Morgan fingerprint density at radius 2 is 1.10 bits per heavy atom. The Balaban J connectivity index is 0.00000533. The van der Waals surface area contributed by atoms with Crippen molar-refractivity contribution in [3.63, 3.8) is 0 Å². The summed E-state index contributed by atoms with van der Waals surface area (Å²) in [5.41, 5.74) is 21.3. The predicted octanol–water partition coefficient (Wildman–Crippen LogP) is 11.5. The second kappa shape index (κ2) is 18.4. The molecule has 1 aliphatic heterocycles. The van der Waals surface area contributed by atoms with E-state index in [1.54, 1.807) is 0 Å². The topological polar surface area (TPSA) is 25.3 Å². The number of hydrogen-bond acceptors (Lipinski definition) is 0. The minimum atomic E-state index is 0. The molecule has 0 saturated carbocycles. The number of rotatable bonds is 18. The van der Waals surface area contributed by atoms with E-state index in [0.717, 1.165) is 61.0 Å². The zero-order chi connectivity index (χ0) is 27.2. The van der Waals surface area contributed by atoms with E-state index in [0.29, 0.717) is 0 Å². The fraction of sp³-hybridized carbons (Fsp3) is 0.556. The monoisotopic (exact) mass is 570 g/mol. The van der Waals surface area contributed by atoms with Gasteiger partial charge in [0.25, 0.3) is 0 Å². The summed E-state index contributed by atoms with van der Waals surface area (Å²) in [4.78, 5) is 0. The molecule has 3 heteroatoms. The van der Waals surface area contributed by atoms with Gasteiger partial charge in [0.15, 0.2) is 0 Å². The summed E-state index contributed by atoms with van der Waals surface area (Å²) < 4.78 is 1.52. The summed E-state index contributed by atoms with van der Waals surface area (Å²) >= 11 is 0. The molecule has 0 radical (unpaired) electrons. The third-order valence-corrected chi connectivity index (χ3v) is 8.06. The van der Waals surface area contributed by atoms with Crippen molar-refractivity contribution in [1.82, 2.24) is 0 Å². The number of nitrogens with zero attached hydrogens (tertiary/aromatic N) is 2. The Kier molecular flexibility index (Phi) is 15.7. The first kappa shape index (κ1) is 33.2. The molecule has 0 fully saturated rings. The van der Waals surface area contributed by atoms with Gasteiger partial charge in [0.1, 0.15) is 0 Å². The maximum Gasteiger partial charge on any atom is 0.211 e. The summed E-state index contributed by atoms with van der Waals surface area (Å²) in [5.74, 6) is 0. The third kappa shape index (κ3) is 9.56. The van der Waals surface area contributed by atoms with Crippen LogP contribution < -0.4 is 0 Å². The zero-order valence-electron chi connectivity index (χ0n) is 25.1. The number of aryl methyl sites for hydroxylation is 2. The quantitative estimate of drug-likeness (QED) is 0.0966. The molecule has 2 aromatic carbocycles. The molecule has 1 aliphatic rings. The summed E-state index contributed by atoms with van der Waals surface area (Å²) in [6.45, 7) is 9.02. The molecule has 0 aromatic heterocycles. The molecule has 1 heterocycles. The third-order valence-electron chi connectivity index (χ3n) is 8.06. The number of allylic oxidation sites excluding steroid dienone is 2. The maximum absolute atomic E-state index is 11.7. The van der Waals surface area contributed by atoms with Crippen LogP contribution in [0.1, 0.15) is 140 Å². The molecule has 2 nitrogen and oxygen atoms in total. The van der Waals surface area contributed by atoms with E-state index in [-0.39, 0.29) is 16.5 Å². The Bertz CT molecular complexity index is 1080. The molecule has 0 unspecified atom stereocenters. The standard InChI is InChI=1S/C36H52N2.Ni/c1-5-9-12-14-15-17-19-29-24-26-31(27-25-29)35-34(23-11-7-3)33(8-4)36(38(35)37)32-22-18-21-30(28-32)20-16-13-10-6-2;/h18,21-22,24-28H,5-17,19-20,23H2,1-4H3;. The number of hydrogen-bond donors (Lipinski definition) is 0. The second-order valence-electron chi connectivity index (χ2n) is 11.1. The van der Waals surface area contributed by atoms with E-state index in [1.165, 1.54) is 91.2 Å². The van der Waals surface area contributed by atoms with Crippen molar-refractivity contribution in [2.75, 3.05) is 0 Å². The summed E-state index contributed by atoms with van der Waals surface area (Å²) in [7, 11) is 0. The first-order valence-corrected chi connectivity index (χ1v) is 15.8. The van der Waals surface area contributed by atoms with Gasteiger partial charge in [-0.25, -0.2) is 4.70 Å². The summed E-state index contributed by atoms with van der Waals surface area (Å²) in [6, 6.07) is 17.9. The average Bonchev–Trinajstić information content (AvgIpc) is 3.23. The van der Waals surface area contributed by atoms with Crippen LogP contribution in [0.15, 0.2) is 59.7 Å². The van der Waals surface area contributed by atoms with Crippen LogP contribution in [-0.2, 0) is 29.3 Å². The maximum atomic E-state index is 11.7. The molecule has 0 aliphatic carbocycles. The van der Waals surface area contributed by atoms with Crippen molar-refractivity contribution >= 4 is 11.4 Å². The Morgan fingerprint density at radius 1 is 0.538 bits per heavy atom. The van der Waals surface area contributed by atoms with Gasteiger partial charge >= 0.3 is 0 Å². The predicted molar refractivity (Wildman–Crippen MR) is 165 cm³/mol. The van der Waals surface area contributed by atoms with E-state index >= 15 is 0 Å². The van der Waals surface area contributed by atoms with Gasteiger partial charge in [-0.05, 0) is 80.3 Å². The minimum absolute atomic E-state index is 0. The smallest absolute Gasteiger partial charge is 0.211 e. The van der Waals surface area contributed by atoms with E-state index in [2.05, 4.69) is 76.2 Å². The van der Waals surface area contributed by atoms with Crippen LogP contribution in [0.5, 0.6) is 0 Å². The molecule has 0 amide bonds. The second-order valence-corrected chi connectivity index (χ2v) is 11.1. The number of benzene rings is 2. The molecule has 39 heavy (non-hydrogen) atoms. The minimum Gasteiger partial charge on any atom is -0.493 e. The van der Waals surface area contributed by atoms with Crippen LogP contribution in [0.4, 0.5) is 0 Å². The van der Waals surface area contributed by atoms with E-state index in [9.17, 15) is 5.53 Å². The molecule has 0 atom stereocenters. The zero-order valence-corrected chi connectivity index (χ0v) is 26.1. The van der Waals surface area contributed by atoms with Gasteiger partial charge in [0.05, 0.1) is 0 Å².